The van der Waals surface area contributed by atoms with E-state index in [0.29, 0.717) is 12.8 Å². The molecule has 2 rings (SSSR count). The van der Waals surface area contributed by atoms with E-state index in [9.17, 15) is 33.9 Å². The SMILES string of the molecule is NC(=O)CCC(N)C(=O)NC(CCC(N)=O)C(=O)N1CCCC1C(=O)NC(Cc1ccccc1)C(=O)O. The first kappa shape index (κ1) is 29.2. The molecular formula is C24H34N6O7. The average molecular weight is 519 g/mol. The number of nitrogens with two attached hydrogens (primary N) is 3. The minimum Gasteiger partial charge on any atom is -0.480 e. The zero-order valence-corrected chi connectivity index (χ0v) is 20.4. The van der Waals surface area contributed by atoms with Crippen molar-refractivity contribution in [2.45, 2.75) is 69.1 Å². The number of amides is 5. The highest BCUT2D eigenvalue weighted by molar-refractivity contribution is 5.95. The summed E-state index contributed by atoms with van der Waals surface area (Å²) in [6.45, 7) is 0.198. The molecule has 0 bridgehead atoms. The summed E-state index contributed by atoms with van der Waals surface area (Å²) in [5.74, 6) is -4.52. The van der Waals surface area contributed by atoms with E-state index in [1.54, 1.807) is 30.3 Å². The van der Waals surface area contributed by atoms with Gasteiger partial charge in [-0.15, -0.1) is 0 Å². The number of carbonyl (C=O) groups excluding carboxylic acids is 5. The quantitative estimate of drug-likeness (QED) is 0.163. The van der Waals surface area contributed by atoms with E-state index in [-0.39, 0.29) is 38.6 Å². The van der Waals surface area contributed by atoms with Crippen LogP contribution in [0.25, 0.3) is 0 Å². The Morgan fingerprint density at radius 1 is 0.946 bits per heavy atom. The molecule has 5 amide bonds. The van der Waals surface area contributed by atoms with Gasteiger partial charge in [0, 0.05) is 25.8 Å². The van der Waals surface area contributed by atoms with Gasteiger partial charge in [0.2, 0.25) is 29.5 Å². The molecule has 202 valence electrons. The van der Waals surface area contributed by atoms with Crippen LogP contribution < -0.4 is 27.8 Å². The lowest BCUT2D eigenvalue weighted by molar-refractivity contribution is -0.145. The van der Waals surface area contributed by atoms with Crippen LogP contribution in [0.5, 0.6) is 0 Å². The summed E-state index contributed by atoms with van der Waals surface area (Å²) in [5.41, 5.74) is 16.8. The molecule has 0 aliphatic carbocycles. The van der Waals surface area contributed by atoms with Gasteiger partial charge in [0.05, 0.1) is 6.04 Å². The molecule has 13 nitrogen and oxygen atoms in total. The molecule has 1 saturated heterocycles. The van der Waals surface area contributed by atoms with Gasteiger partial charge in [0.15, 0.2) is 0 Å². The fraction of sp³-hybridized carbons (Fsp3) is 0.500. The van der Waals surface area contributed by atoms with Crippen molar-refractivity contribution in [2.24, 2.45) is 17.2 Å². The molecule has 1 fully saturated rings. The number of nitrogens with one attached hydrogen (secondary N) is 2. The number of hydrogen-bond acceptors (Lipinski definition) is 7. The van der Waals surface area contributed by atoms with Crippen LogP contribution in [0.4, 0.5) is 0 Å². The summed E-state index contributed by atoms with van der Waals surface area (Å²) >= 11 is 0. The molecule has 4 atom stereocenters. The number of aliphatic carboxylic acids is 1. The highest BCUT2D eigenvalue weighted by Gasteiger charge is 2.39. The number of rotatable bonds is 14. The Balaban J connectivity index is 2.12. The van der Waals surface area contributed by atoms with Crippen molar-refractivity contribution in [3.63, 3.8) is 0 Å². The lowest BCUT2D eigenvalue weighted by Crippen LogP contribution is -2.57. The van der Waals surface area contributed by atoms with Crippen molar-refractivity contribution >= 4 is 35.5 Å². The van der Waals surface area contributed by atoms with Gasteiger partial charge >= 0.3 is 5.97 Å². The number of benzene rings is 1. The minimum atomic E-state index is -1.22. The van der Waals surface area contributed by atoms with Crippen LogP contribution in [0, 0.1) is 0 Å². The predicted octanol–water partition coefficient (Wildman–Crippen LogP) is -1.87. The molecule has 1 aromatic carbocycles. The van der Waals surface area contributed by atoms with E-state index < -0.39 is 59.7 Å². The third-order valence-corrected chi connectivity index (χ3v) is 6.07. The zero-order valence-electron chi connectivity index (χ0n) is 20.4. The maximum Gasteiger partial charge on any atom is 0.326 e. The largest absolute Gasteiger partial charge is 0.480 e. The lowest BCUT2D eigenvalue weighted by atomic mass is 10.0. The fourth-order valence-electron chi connectivity index (χ4n) is 4.07. The predicted molar refractivity (Wildman–Crippen MR) is 131 cm³/mol. The van der Waals surface area contributed by atoms with Gasteiger partial charge in [0.25, 0.3) is 0 Å². The molecule has 0 aromatic heterocycles. The van der Waals surface area contributed by atoms with Crippen molar-refractivity contribution < 1.29 is 33.9 Å². The van der Waals surface area contributed by atoms with Crippen LogP contribution in [0.2, 0.25) is 0 Å². The molecule has 1 aliphatic rings. The van der Waals surface area contributed by atoms with E-state index in [2.05, 4.69) is 10.6 Å². The van der Waals surface area contributed by atoms with Crippen LogP contribution in [-0.2, 0) is 35.2 Å². The second-order valence-electron chi connectivity index (χ2n) is 8.96. The third-order valence-electron chi connectivity index (χ3n) is 6.07. The Morgan fingerprint density at radius 3 is 2.16 bits per heavy atom. The normalized spacial score (nSPS) is 17.3. The monoisotopic (exact) mass is 518 g/mol. The van der Waals surface area contributed by atoms with E-state index >= 15 is 0 Å². The first-order valence-electron chi connectivity index (χ1n) is 12.0. The number of carbonyl (C=O) groups is 6. The molecular weight excluding hydrogens is 484 g/mol. The van der Waals surface area contributed by atoms with Crippen molar-refractivity contribution in [1.29, 1.82) is 0 Å². The number of hydrogen-bond donors (Lipinski definition) is 6. The van der Waals surface area contributed by atoms with Crippen LogP contribution in [-0.4, -0.2) is 76.2 Å². The average Bonchev–Trinajstić information content (AvgIpc) is 3.34. The number of likely N-dealkylation sites (tertiary alicyclic amines) is 1. The standard InChI is InChI=1S/C24H34N6O7/c25-15(8-10-19(26)31)21(33)28-16(9-11-20(27)32)23(35)30-12-4-7-18(30)22(34)29-17(24(36)37)13-14-5-2-1-3-6-14/h1-3,5-6,15-18H,4,7-13,25H2,(H2,26,31)(H2,27,32)(H,28,33)(H,29,34)(H,36,37). The molecule has 1 aliphatic heterocycles. The molecule has 0 saturated carbocycles. The van der Waals surface area contributed by atoms with E-state index in [4.69, 9.17) is 17.2 Å². The second-order valence-corrected chi connectivity index (χ2v) is 8.96. The molecule has 1 aromatic rings. The highest BCUT2D eigenvalue weighted by Crippen LogP contribution is 2.20. The first-order chi connectivity index (χ1) is 17.5. The Hall–Kier alpha value is -4.00. The fourth-order valence-corrected chi connectivity index (χ4v) is 4.07. The van der Waals surface area contributed by atoms with Crippen molar-refractivity contribution in [1.82, 2.24) is 15.5 Å². The summed E-state index contributed by atoms with van der Waals surface area (Å²) in [5, 5.41) is 14.6. The summed E-state index contributed by atoms with van der Waals surface area (Å²) in [7, 11) is 0. The van der Waals surface area contributed by atoms with Gasteiger partial charge < -0.3 is 37.8 Å². The summed E-state index contributed by atoms with van der Waals surface area (Å²) < 4.78 is 0. The van der Waals surface area contributed by atoms with Gasteiger partial charge in [-0.25, -0.2) is 4.79 Å². The van der Waals surface area contributed by atoms with E-state index in [1.165, 1.54) is 4.90 Å². The summed E-state index contributed by atoms with van der Waals surface area (Å²) in [6.07, 6.45) is 0.331. The van der Waals surface area contributed by atoms with Crippen LogP contribution >= 0.6 is 0 Å². The second kappa shape index (κ2) is 13.9. The number of nitrogens with zero attached hydrogens (tertiary/aromatic N) is 1. The van der Waals surface area contributed by atoms with Crippen molar-refractivity contribution in [3.05, 3.63) is 35.9 Å². The lowest BCUT2D eigenvalue weighted by Gasteiger charge is -2.30. The molecule has 1 heterocycles. The van der Waals surface area contributed by atoms with Crippen LogP contribution in [0.15, 0.2) is 30.3 Å². The molecule has 9 N–H and O–H groups in total. The van der Waals surface area contributed by atoms with Crippen LogP contribution in [0.1, 0.15) is 44.1 Å². The number of primary amides is 2. The molecule has 4 unspecified atom stereocenters. The Morgan fingerprint density at radius 2 is 1.57 bits per heavy atom. The highest BCUT2D eigenvalue weighted by atomic mass is 16.4. The van der Waals surface area contributed by atoms with Gasteiger partial charge in [-0.1, -0.05) is 30.3 Å². The zero-order chi connectivity index (χ0) is 27.5. The summed E-state index contributed by atoms with van der Waals surface area (Å²) in [6, 6.07) is 4.31. The Kier molecular flexibility index (Phi) is 11.0. The van der Waals surface area contributed by atoms with Gasteiger partial charge in [0.1, 0.15) is 18.1 Å². The maximum atomic E-state index is 13.4. The van der Waals surface area contributed by atoms with E-state index in [0.717, 1.165) is 5.56 Å². The molecule has 13 heteroatoms. The topological polar surface area (TPSA) is 228 Å². The maximum absolute atomic E-state index is 13.4. The molecule has 37 heavy (non-hydrogen) atoms. The van der Waals surface area contributed by atoms with Gasteiger partial charge in [-0.05, 0) is 31.2 Å². The summed E-state index contributed by atoms with van der Waals surface area (Å²) in [4.78, 5) is 74.3. The number of carboxylic acid groups (broad SMARTS) is 1. The van der Waals surface area contributed by atoms with Gasteiger partial charge in [-0.2, -0.15) is 0 Å². The third kappa shape index (κ3) is 9.18. The van der Waals surface area contributed by atoms with E-state index in [1.807, 2.05) is 0 Å². The Bertz CT molecular complexity index is 1000. The molecule has 0 radical (unpaired) electrons. The van der Waals surface area contributed by atoms with Crippen molar-refractivity contribution in [3.8, 4) is 0 Å². The van der Waals surface area contributed by atoms with Crippen molar-refractivity contribution in [2.75, 3.05) is 6.54 Å². The first-order valence-corrected chi connectivity index (χ1v) is 12.0. The smallest absolute Gasteiger partial charge is 0.326 e. The molecule has 0 spiro atoms. The Labute approximate surface area is 214 Å². The minimum absolute atomic E-state index is 0.0371. The van der Waals surface area contributed by atoms with Crippen LogP contribution in [0.3, 0.4) is 0 Å². The van der Waals surface area contributed by atoms with Gasteiger partial charge in [-0.3, -0.25) is 24.0 Å². The number of carboxylic acids is 1.